The number of hydrogen-bond donors (Lipinski definition) is 2. The summed E-state index contributed by atoms with van der Waals surface area (Å²) in [4.78, 5) is 30.8. The molecular formula is C26H26FN3O4. The van der Waals surface area contributed by atoms with Crippen LogP contribution in [0.5, 0.6) is 0 Å². The molecule has 0 bridgehead atoms. The largest absolute Gasteiger partial charge is 0.455 e. The first kappa shape index (κ1) is 25.8. The molecule has 0 aliphatic carbocycles. The van der Waals surface area contributed by atoms with Crippen LogP contribution in [0.3, 0.4) is 0 Å². The van der Waals surface area contributed by atoms with Gasteiger partial charge in [-0.1, -0.05) is 12.1 Å². The zero-order valence-electron chi connectivity index (χ0n) is 19.2. The van der Waals surface area contributed by atoms with Crippen LogP contribution in [0.25, 0.3) is 33.4 Å². The number of halogens is 1. The molecule has 0 unspecified atom stereocenters. The van der Waals surface area contributed by atoms with Crippen LogP contribution in [0, 0.1) is 5.82 Å². The molecule has 0 radical (unpaired) electrons. The first-order valence-corrected chi connectivity index (χ1v) is 10.1. The highest BCUT2D eigenvalue weighted by Crippen LogP contribution is 2.40. The van der Waals surface area contributed by atoms with Gasteiger partial charge in [0.25, 0.3) is 5.91 Å². The van der Waals surface area contributed by atoms with Crippen LogP contribution in [0.4, 0.5) is 15.8 Å². The number of nitrogens with zero attached hydrogens (tertiary/aromatic N) is 1. The van der Waals surface area contributed by atoms with E-state index >= 15 is 0 Å². The monoisotopic (exact) mass is 463 g/mol. The Morgan fingerprint density at radius 2 is 1.62 bits per heavy atom. The zero-order valence-corrected chi connectivity index (χ0v) is 19.2. The number of fused-ring (bicyclic) bond motifs is 1. The van der Waals surface area contributed by atoms with Gasteiger partial charge in [-0.3, -0.25) is 4.79 Å². The van der Waals surface area contributed by atoms with Crippen LogP contribution in [-0.4, -0.2) is 40.6 Å². The van der Waals surface area contributed by atoms with Crippen LogP contribution in [0.15, 0.2) is 65.1 Å². The Morgan fingerprint density at radius 3 is 2.18 bits per heavy atom. The Kier molecular flexibility index (Phi) is 8.66. The van der Waals surface area contributed by atoms with Crippen molar-refractivity contribution in [1.82, 2.24) is 5.32 Å². The minimum atomic E-state index is -0.352. The third-order valence-electron chi connectivity index (χ3n) is 5.05. The molecule has 34 heavy (non-hydrogen) atoms. The van der Waals surface area contributed by atoms with Crippen LogP contribution >= 0.6 is 0 Å². The van der Waals surface area contributed by atoms with Crippen molar-refractivity contribution in [3.8, 4) is 22.5 Å². The van der Waals surface area contributed by atoms with Gasteiger partial charge in [0.2, 0.25) is 0 Å². The van der Waals surface area contributed by atoms with Crippen LogP contribution in [0.2, 0.25) is 0 Å². The molecule has 7 nitrogen and oxygen atoms in total. The second-order valence-electron chi connectivity index (χ2n) is 7.28. The molecule has 0 saturated heterocycles. The maximum absolute atomic E-state index is 13.4. The molecular weight excluding hydrogens is 437 g/mol. The van der Waals surface area contributed by atoms with Crippen molar-refractivity contribution in [3.63, 3.8) is 0 Å². The summed E-state index contributed by atoms with van der Waals surface area (Å²) < 4.78 is 19.5. The molecule has 4 aromatic rings. The molecule has 0 aliphatic rings. The van der Waals surface area contributed by atoms with E-state index in [-0.39, 0.29) is 11.7 Å². The first-order valence-electron chi connectivity index (χ1n) is 10.1. The molecule has 8 heteroatoms. The standard InChI is InChI=1S/C24H22FN3O2.2CH2O/c1-27-24(29)22-19-12-18(15-5-4-6-17(26)11-15)20(28(2)3)13-21(19)30-23(22)14-7-9-16(25)10-8-14;2*1-2/h4-13H,26H2,1-3H3,(H,27,29);2*1H2. The zero-order chi connectivity index (χ0) is 25.4. The number of carbonyl (C=O) groups is 3. The summed E-state index contributed by atoms with van der Waals surface area (Å²) in [5.41, 5.74) is 11.1. The maximum Gasteiger partial charge on any atom is 0.255 e. The number of furan rings is 1. The van der Waals surface area contributed by atoms with Crippen LogP contribution in [-0.2, 0) is 9.59 Å². The summed E-state index contributed by atoms with van der Waals surface area (Å²) in [5.74, 6) is -0.224. The van der Waals surface area contributed by atoms with Crippen molar-refractivity contribution in [1.29, 1.82) is 0 Å². The Morgan fingerprint density at radius 1 is 0.971 bits per heavy atom. The lowest BCUT2D eigenvalue weighted by molar-refractivity contribution is -0.0987. The Hall–Kier alpha value is -4.46. The van der Waals surface area contributed by atoms with Gasteiger partial charge in [0, 0.05) is 55.1 Å². The molecule has 0 spiro atoms. The number of nitrogen functional groups attached to an aromatic ring is 1. The number of amides is 1. The predicted octanol–water partition coefficient (Wildman–Crippen LogP) is 4.54. The highest BCUT2D eigenvalue weighted by molar-refractivity contribution is 6.12. The molecule has 1 amide bonds. The SMILES string of the molecule is C=O.C=O.CNC(=O)c1c(-c2ccc(F)cc2)oc2cc(N(C)C)c(-c3cccc(N)c3)cc12. The quantitative estimate of drug-likeness (QED) is 0.431. The van der Waals surface area contributed by atoms with E-state index in [2.05, 4.69) is 5.32 Å². The average Bonchev–Trinajstić information content (AvgIpc) is 3.24. The normalized spacial score (nSPS) is 9.88. The molecule has 0 fully saturated rings. The third-order valence-corrected chi connectivity index (χ3v) is 5.05. The summed E-state index contributed by atoms with van der Waals surface area (Å²) >= 11 is 0. The van der Waals surface area contributed by atoms with E-state index in [1.807, 2.05) is 69.0 Å². The van der Waals surface area contributed by atoms with E-state index < -0.39 is 0 Å². The van der Waals surface area contributed by atoms with Gasteiger partial charge >= 0.3 is 0 Å². The first-order chi connectivity index (χ1) is 16.4. The van der Waals surface area contributed by atoms with Crippen molar-refractivity contribution in [2.24, 2.45) is 0 Å². The summed E-state index contributed by atoms with van der Waals surface area (Å²) in [6.45, 7) is 4.00. The van der Waals surface area contributed by atoms with Gasteiger partial charge in [-0.05, 0) is 48.0 Å². The van der Waals surface area contributed by atoms with Crippen molar-refractivity contribution in [2.75, 3.05) is 31.8 Å². The summed E-state index contributed by atoms with van der Waals surface area (Å²) in [7, 11) is 5.46. The van der Waals surface area contributed by atoms with E-state index in [1.54, 1.807) is 19.2 Å². The number of benzene rings is 3. The maximum atomic E-state index is 13.4. The van der Waals surface area contributed by atoms with Crippen molar-refractivity contribution in [3.05, 3.63) is 72.0 Å². The molecule has 3 N–H and O–H groups in total. The van der Waals surface area contributed by atoms with Gasteiger partial charge < -0.3 is 30.0 Å². The van der Waals surface area contributed by atoms with E-state index in [1.165, 1.54) is 12.1 Å². The molecule has 0 atom stereocenters. The van der Waals surface area contributed by atoms with E-state index in [0.29, 0.717) is 33.5 Å². The number of anilines is 2. The smallest absolute Gasteiger partial charge is 0.255 e. The lowest BCUT2D eigenvalue weighted by atomic mass is 9.98. The average molecular weight is 464 g/mol. The number of rotatable bonds is 4. The van der Waals surface area contributed by atoms with Gasteiger partial charge in [-0.25, -0.2) is 4.39 Å². The highest BCUT2D eigenvalue weighted by Gasteiger charge is 2.23. The fourth-order valence-corrected chi connectivity index (χ4v) is 3.59. The number of hydrogen-bond acceptors (Lipinski definition) is 6. The number of nitrogens with two attached hydrogens (primary N) is 1. The summed E-state index contributed by atoms with van der Waals surface area (Å²) in [6.07, 6.45) is 0. The molecule has 0 saturated carbocycles. The topological polar surface area (TPSA) is 106 Å². The van der Waals surface area contributed by atoms with Crippen molar-refractivity contribution in [2.45, 2.75) is 0 Å². The molecule has 3 aromatic carbocycles. The van der Waals surface area contributed by atoms with Gasteiger partial charge in [0.05, 0.1) is 5.56 Å². The van der Waals surface area contributed by atoms with Crippen molar-refractivity contribution >= 4 is 41.8 Å². The predicted molar refractivity (Wildman–Crippen MR) is 133 cm³/mol. The van der Waals surface area contributed by atoms with Crippen LogP contribution in [0.1, 0.15) is 10.4 Å². The van der Waals surface area contributed by atoms with E-state index in [4.69, 9.17) is 19.7 Å². The molecule has 1 heterocycles. The number of nitrogens with one attached hydrogen (secondary N) is 1. The highest BCUT2D eigenvalue weighted by atomic mass is 19.1. The van der Waals surface area contributed by atoms with E-state index in [9.17, 15) is 9.18 Å². The summed E-state index contributed by atoms with van der Waals surface area (Å²) in [5, 5.41) is 3.36. The van der Waals surface area contributed by atoms with Crippen LogP contribution < -0.4 is 16.0 Å². The third kappa shape index (κ3) is 5.12. The summed E-state index contributed by atoms with van der Waals surface area (Å²) in [6, 6.07) is 17.4. The second-order valence-corrected chi connectivity index (χ2v) is 7.28. The van der Waals surface area contributed by atoms with E-state index in [0.717, 1.165) is 16.8 Å². The minimum Gasteiger partial charge on any atom is -0.455 e. The molecule has 176 valence electrons. The Balaban J connectivity index is 0.000000970. The van der Waals surface area contributed by atoms with Crippen molar-refractivity contribution < 1.29 is 23.2 Å². The van der Waals surface area contributed by atoms with Gasteiger partial charge in [-0.15, -0.1) is 0 Å². The second kappa shape index (κ2) is 11.4. The fourth-order valence-electron chi connectivity index (χ4n) is 3.59. The van der Waals surface area contributed by atoms with Gasteiger partial charge in [0.15, 0.2) is 0 Å². The van der Waals surface area contributed by atoms with Gasteiger partial charge in [0.1, 0.15) is 30.7 Å². The molecule has 0 aliphatic heterocycles. The molecule has 4 rings (SSSR count). The lowest BCUT2D eigenvalue weighted by Gasteiger charge is -2.18. The fraction of sp³-hybridized carbons (Fsp3) is 0.115. The van der Waals surface area contributed by atoms with Gasteiger partial charge in [-0.2, -0.15) is 0 Å². The number of carbonyl (C=O) groups excluding carboxylic acids is 3. The minimum absolute atomic E-state index is 0.274. The molecule has 1 aromatic heterocycles. The lowest BCUT2D eigenvalue weighted by Crippen LogP contribution is -2.18. The Bertz CT molecular complexity index is 1280. The Labute approximate surface area is 197 Å².